The predicted octanol–water partition coefficient (Wildman–Crippen LogP) is 3.67. The average Bonchev–Trinajstić information content (AvgIpc) is 3.03. The summed E-state index contributed by atoms with van der Waals surface area (Å²) < 4.78 is 0. The number of ketones is 1. The molecule has 0 aliphatic carbocycles. The van der Waals surface area contributed by atoms with E-state index in [-0.39, 0.29) is 18.1 Å². The fourth-order valence-electron chi connectivity index (χ4n) is 2.15. The normalized spacial score (nSPS) is 10.3. The van der Waals surface area contributed by atoms with Crippen molar-refractivity contribution in [2.45, 2.75) is 13.3 Å². The van der Waals surface area contributed by atoms with Gasteiger partial charge in [0.15, 0.2) is 10.9 Å². The van der Waals surface area contributed by atoms with Gasteiger partial charge in [-0.1, -0.05) is 6.07 Å². The van der Waals surface area contributed by atoms with Crippen LogP contribution in [-0.4, -0.2) is 21.7 Å². The number of hydrogen-bond donors (Lipinski definition) is 2. The predicted molar refractivity (Wildman–Crippen MR) is 98.4 cm³/mol. The lowest BCUT2D eigenvalue weighted by Gasteiger charge is -2.04. The third-order valence-electron chi connectivity index (χ3n) is 3.37. The maximum absolute atomic E-state index is 12.1. The zero-order valence-corrected chi connectivity index (χ0v) is 14.3. The number of rotatable bonds is 6. The van der Waals surface area contributed by atoms with Crippen LogP contribution in [0.25, 0.3) is 0 Å². The molecule has 3 aromatic rings. The number of carbonyl (C=O) groups is 2. The Morgan fingerprint density at radius 1 is 1.12 bits per heavy atom. The molecule has 2 aromatic heterocycles. The van der Waals surface area contributed by atoms with E-state index in [0.717, 1.165) is 0 Å². The van der Waals surface area contributed by atoms with Gasteiger partial charge < -0.3 is 10.6 Å². The lowest BCUT2D eigenvalue weighted by Crippen LogP contribution is -2.14. The van der Waals surface area contributed by atoms with Crippen LogP contribution in [0.3, 0.4) is 0 Å². The number of pyridine rings is 1. The zero-order chi connectivity index (χ0) is 17.6. The molecule has 6 nitrogen and oxygen atoms in total. The molecule has 0 aliphatic heterocycles. The van der Waals surface area contributed by atoms with Gasteiger partial charge in [-0.2, -0.15) is 0 Å². The van der Waals surface area contributed by atoms with Crippen LogP contribution in [0, 0.1) is 0 Å². The number of benzene rings is 1. The average molecular weight is 352 g/mol. The fraction of sp³-hybridized carbons (Fsp3) is 0.111. The van der Waals surface area contributed by atoms with Crippen molar-refractivity contribution >= 4 is 39.7 Å². The summed E-state index contributed by atoms with van der Waals surface area (Å²) in [5.74, 6) is 0.539. The lowest BCUT2D eigenvalue weighted by atomic mass is 10.1. The molecule has 0 fully saturated rings. The van der Waals surface area contributed by atoms with Crippen molar-refractivity contribution in [2.24, 2.45) is 0 Å². The quantitative estimate of drug-likeness (QED) is 0.661. The number of thiazole rings is 1. The van der Waals surface area contributed by atoms with Crippen LogP contribution in [-0.2, 0) is 11.2 Å². The van der Waals surface area contributed by atoms with Gasteiger partial charge in [0.2, 0.25) is 5.91 Å². The molecule has 0 spiro atoms. The van der Waals surface area contributed by atoms with E-state index in [1.54, 1.807) is 30.5 Å². The molecule has 7 heteroatoms. The summed E-state index contributed by atoms with van der Waals surface area (Å²) in [4.78, 5) is 31.9. The first-order valence-corrected chi connectivity index (χ1v) is 8.51. The topological polar surface area (TPSA) is 84.0 Å². The van der Waals surface area contributed by atoms with Crippen LogP contribution < -0.4 is 10.6 Å². The highest BCUT2D eigenvalue weighted by Crippen LogP contribution is 2.20. The van der Waals surface area contributed by atoms with Gasteiger partial charge in [0.25, 0.3) is 0 Å². The number of carbonyl (C=O) groups excluding carboxylic acids is 2. The van der Waals surface area contributed by atoms with Crippen molar-refractivity contribution in [3.05, 3.63) is 65.3 Å². The summed E-state index contributed by atoms with van der Waals surface area (Å²) in [6.45, 7) is 1.51. The monoisotopic (exact) mass is 352 g/mol. The van der Waals surface area contributed by atoms with Crippen LogP contribution >= 0.6 is 11.3 Å². The van der Waals surface area contributed by atoms with Crippen molar-refractivity contribution in [1.29, 1.82) is 0 Å². The Bertz CT molecular complexity index is 876. The minimum absolute atomic E-state index is 0.00622. The Hall–Kier alpha value is -3.06. The first-order valence-electron chi connectivity index (χ1n) is 7.63. The maximum Gasteiger partial charge on any atom is 0.230 e. The van der Waals surface area contributed by atoms with E-state index in [2.05, 4.69) is 20.6 Å². The molecule has 126 valence electrons. The highest BCUT2D eigenvalue weighted by Gasteiger charge is 2.09. The van der Waals surface area contributed by atoms with Crippen molar-refractivity contribution in [2.75, 3.05) is 10.6 Å². The number of nitrogens with one attached hydrogen (secondary N) is 2. The van der Waals surface area contributed by atoms with Crippen molar-refractivity contribution in [3.63, 3.8) is 0 Å². The van der Waals surface area contributed by atoms with Gasteiger partial charge in [-0.25, -0.2) is 9.97 Å². The lowest BCUT2D eigenvalue weighted by molar-refractivity contribution is -0.115. The van der Waals surface area contributed by atoms with Crippen LogP contribution in [0.4, 0.5) is 16.6 Å². The van der Waals surface area contributed by atoms with Gasteiger partial charge in [-0.15, -0.1) is 11.3 Å². The van der Waals surface area contributed by atoms with Gasteiger partial charge in [-0.3, -0.25) is 9.59 Å². The van der Waals surface area contributed by atoms with E-state index in [1.807, 2.05) is 23.6 Å². The largest absolute Gasteiger partial charge is 0.326 e. The number of amides is 1. The Morgan fingerprint density at radius 3 is 2.60 bits per heavy atom. The van der Waals surface area contributed by atoms with Gasteiger partial charge in [0.1, 0.15) is 5.82 Å². The van der Waals surface area contributed by atoms with Gasteiger partial charge in [-0.05, 0) is 43.3 Å². The molecular formula is C18H16N4O2S. The molecule has 1 amide bonds. The number of anilines is 3. The molecule has 0 bridgehead atoms. The molecule has 2 heterocycles. The molecule has 0 aliphatic rings. The first-order chi connectivity index (χ1) is 12.1. The van der Waals surface area contributed by atoms with Crippen LogP contribution in [0.5, 0.6) is 0 Å². The van der Waals surface area contributed by atoms with Crippen LogP contribution in [0.1, 0.15) is 23.0 Å². The molecule has 2 N–H and O–H groups in total. The van der Waals surface area contributed by atoms with E-state index >= 15 is 0 Å². The SMILES string of the molecule is CC(=O)c1ccc(NC(=O)Cc2csc(Nc3ccccn3)n2)cc1. The molecular weight excluding hydrogens is 336 g/mol. The number of aromatic nitrogens is 2. The Kier molecular flexibility index (Phi) is 5.15. The summed E-state index contributed by atoms with van der Waals surface area (Å²) in [7, 11) is 0. The van der Waals surface area contributed by atoms with E-state index in [9.17, 15) is 9.59 Å². The standard InChI is InChI=1S/C18H16N4O2S/c1-12(23)13-5-7-14(8-6-13)20-17(24)10-15-11-25-18(21-15)22-16-4-2-3-9-19-16/h2-9,11H,10H2,1H3,(H,20,24)(H,19,21,22). The second kappa shape index (κ2) is 7.67. The molecule has 3 rings (SSSR count). The Balaban J connectivity index is 1.57. The highest BCUT2D eigenvalue weighted by molar-refractivity contribution is 7.13. The highest BCUT2D eigenvalue weighted by atomic mass is 32.1. The Morgan fingerprint density at radius 2 is 1.92 bits per heavy atom. The van der Waals surface area contributed by atoms with E-state index < -0.39 is 0 Å². The fourth-order valence-corrected chi connectivity index (χ4v) is 2.87. The number of Topliss-reactive ketones (excluding diaryl/α,β-unsaturated/α-hetero) is 1. The summed E-state index contributed by atoms with van der Waals surface area (Å²) in [5, 5.41) is 8.42. The first kappa shape index (κ1) is 16.8. The van der Waals surface area contributed by atoms with Crippen molar-refractivity contribution in [3.8, 4) is 0 Å². The van der Waals surface area contributed by atoms with E-state index in [1.165, 1.54) is 18.3 Å². The zero-order valence-electron chi connectivity index (χ0n) is 13.5. The molecule has 0 saturated carbocycles. The summed E-state index contributed by atoms with van der Waals surface area (Å²) in [6, 6.07) is 12.4. The van der Waals surface area contributed by atoms with Gasteiger partial charge in [0.05, 0.1) is 12.1 Å². The van der Waals surface area contributed by atoms with Crippen LogP contribution in [0.15, 0.2) is 54.0 Å². The number of nitrogens with zero attached hydrogens (tertiary/aromatic N) is 2. The second-order valence-electron chi connectivity index (χ2n) is 5.34. The van der Waals surface area contributed by atoms with Crippen molar-refractivity contribution in [1.82, 2.24) is 9.97 Å². The molecule has 0 radical (unpaired) electrons. The summed E-state index contributed by atoms with van der Waals surface area (Å²) in [5.41, 5.74) is 1.95. The molecule has 0 atom stereocenters. The van der Waals surface area contributed by atoms with Gasteiger partial charge >= 0.3 is 0 Å². The van der Waals surface area contributed by atoms with Crippen molar-refractivity contribution < 1.29 is 9.59 Å². The second-order valence-corrected chi connectivity index (χ2v) is 6.20. The van der Waals surface area contributed by atoms with E-state index in [4.69, 9.17) is 0 Å². The van der Waals surface area contributed by atoms with Gasteiger partial charge in [0, 0.05) is 22.8 Å². The smallest absolute Gasteiger partial charge is 0.230 e. The molecule has 25 heavy (non-hydrogen) atoms. The molecule has 0 saturated heterocycles. The maximum atomic E-state index is 12.1. The summed E-state index contributed by atoms with van der Waals surface area (Å²) in [6.07, 6.45) is 1.87. The third kappa shape index (κ3) is 4.71. The number of hydrogen-bond acceptors (Lipinski definition) is 6. The van der Waals surface area contributed by atoms with E-state index in [0.29, 0.717) is 27.9 Å². The molecule has 1 aromatic carbocycles. The summed E-state index contributed by atoms with van der Waals surface area (Å²) >= 11 is 1.42. The minimum atomic E-state index is -0.162. The Labute approximate surface area is 149 Å². The molecule has 0 unspecified atom stereocenters. The third-order valence-corrected chi connectivity index (χ3v) is 4.18. The van der Waals surface area contributed by atoms with Crippen LogP contribution in [0.2, 0.25) is 0 Å². The minimum Gasteiger partial charge on any atom is -0.326 e.